The summed E-state index contributed by atoms with van der Waals surface area (Å²) in [5.41, 5.74) is 0.981. The number of amides is 2. The monoisotopic (exact) mass is 663 g/mol. The van der Waals surface area contributed by atoms with Crippen molar-refractivity contribution in [3.8, 4) is 5.75 Å². The van der Waals surface area contributed by atoms with Crippen LogP contribution in [0.2, 0.25) is 5.02 Å². The zero-order valence-electron chi connectivity index (χ0n) is 23.5. The molecule has 11 heteroatoms. The Hall–Kier alpha value is -3.08. The van der Waals surface area contributed by atoms with Crippen LogP contribution in [0.25, 0.3) is 0 Å². The fourth-order valence-corrected chi connectivity index (χ4v) is 6.07. The number of hydrogen-bond donors (Lipinski definition) is 1. The number of carbonyl (C=O) groups excluding carboxylic acids is 2. The summed E-state index contributed by atoms with van der Waals surface area (Å²) in [6.07, 6.45) is 0.722. The van der Waals surface area contributed by atoms with Crippen molar-refractivity contribution >= 4 is 55.1 Å². The molecule has 0 aliphatic carbocycles. The Kier molecular flexibility index (Phi) is 11.6. The Morgan fingerprint density at radius 2 is 1.68 bits per heavy atom. The van der Waals surface area contributed by atoms with E-state index in [1.165, 1.54) is 29.2 Å². The van der Waals surface area contributed by atoms with Crippen molar-refractivity contribution in [3.05, 3.63) is 87.9 Å². The van der Waals surface area contributed by atoms with Crippen molar-refractivity contribution in [1.82, 2.24) is 10.2 Å². The van der Waals surface area contributed by atoms with Crippen molar-refractivity contribution in [1.29, 1.82) is 0 Å². The molecular weight excluding hydrogens is 630 g/mol. The van der Waals surface area contributed by atoms with Gasteiger partial charge in [0.05, 0.1) is 17.2 Å². The summed E-state index contributed by atoms with van der Waals surface area (Å²) in [6.45, 7) is 7.09. The summed E-state index contributed by atoms with van der Waals surface area (Å²) in [6, 6.07) is 18.8. The molecule has 1 N–H and O–H groups in total. The van der Waals surface area contributed by atoms with E-state index in [9.17, 15) is 18.0 Å². The molecule has 3 aromatic rings. The first-order chi connectivity index (χ1) is 19.5. The van der Waals surface area contributed by atoms with Gasteiger partial charge in [0.25, 0.3) is 10.0 Å². The quantitative estimate of drug-likeness (QED) is 0.241. The van der Waals surface area contributed by atoms with Gasteiger partial charge in [-0.25, -0.2) is 8.42 Å². The van der Waals surface area contributed by atoms with Gasteiger partial charge < -0.3 is 15.0 Å². The molecule has 0 aromatic heterocycles. The zero-order chi connectivity index (χ0) is 30.2. The third-order valence-corrected chi connectivity index (χ3v) is 9.04. The first-order valence-electron chi connectivity index (χ1n) is 13.3. The maximum Gasteiger partial charge on any atom is 0.264 e. The lowest BCUT2D eigenvalue weighted by Gasteiger charge is -2.33. The predicted molar refractivity (Wildman–Crippen MR) is 166 cm³/mol. The summed E-state index contributed by atoms with van der Waals surface area (Å²) in [5.74, 6) is -0.577. The molecule has 0 heterocycles. The fourth-order valence-electron chi connectivity index (χ4n) is 4.07. The summed E-state index contributed by atoms with van der Waals surface area (Å²) in [5, 5.41) is 3.31. The van der Waals surface area contributed by atoms with E-state index < -0.39 is 28.5 Å². The second-order valence-corrected chi connectivity index (χ2v) is 12.7. The Morgan fingerprint density at radius 1 is 1.00 bits per heavy atom. The summed E-state index contributed by atoms with van der Waals surface area (Å²) in [7, 11) is -4.25. The normalized spacial score (nSPS) is 12.7. The molecule has 0 radical (unpaired) electrons. The molecule has 8 nitrogen and oxygen atoms in total. The Labute approximate surface area is 255 Å². The molecule has 0 fully saturated rings. The van der Waals surface area contributed by atoms with Crippen LogP contribution in [0.15, 0.2) is 82.2 Å². The Balaban J connectivity index is 2.08. The van der Waals surface area contributed by atoms with Gasteiger partial charge in [0.2, 0.25) is 11.8 Å². The number of benzene rings is 3. The van der Waals surface area contributed by atoms with Gasteiger partial charge in [0.1, 0.15) is 18.3 Å². The van der Waals surface area contributed by atoms with Gasteiger partial charge in [-0.3, -0.25) is 13.9 Å². The SMILES string of the molecule is CCOc1ccccc1N(CC(=O)N(Cc1cccc(Br)c1)[C@H](C)C(=O)N[C@H](C)CC)S(=O)(=O)c1ccc(Cl)cc1. The maximum absolute atomic E-state index is 14.1. The van der Waals surface area contributed by atoms with Gasteiger partial charge in [-0.2, -0.15) is 0 Å². The van der Waals surface area contributed by atoms with Crippen molar-refractivity contribution < 1.29 is 22.7 Å². The molecule has 220 valence electrons. The standard InChI is InChI=1S/C30H35BrClN3O5S/c1-5-21(3)33-30(37)22(4)34(19-23-10-9-11-24(31)18-23)29(36)20-35(27-12-7-8-13-28(27)40-6-2)41(38,39)26-16-14-25(32)15-17-26/h7-18,21-22H,5-6,19-20H2,1-4H3,(H,33,37)/t21-,22-/m1/s1. The minimum Gasteiger partial charge on any atom is -0.492 e. The first kappa shape index (κ1) is 32.4. The smallest absolute Gasteiger partial charge is 0.264 e. The third kappa shape index (κ3) is 8.47. The highest BCUT2D eigenvalue weighted by molar-refractivity contribution is 9.10. The van der Waals surface area contributed by atoms with Crippen molar-refractivity contribution in [2.45, 2.75) is 57.6 Å². The lowest BCUT2D eigenvalue weighted by Crippen LogP contribution is -2.52. The molecule has 0 saturated carbocycles. The van der Waals surface area contributed by atoms with Gasteiger partial charge >= 0.3 is 0 Å². The van der Waals surface area contributed by atoms with Crippen LogP contribution in [0.1, 0.15) is 39.7 Å². The van der Waals surface area contributed by atoms with E-state index >= 15 is 0 Å². The van der Waals surface area contributed by atoms with Gasteiger partial charge in [-0.15, -0.1) is 0 Å². The molecule has 0 aliphatic rings. The van der Waals surface area contributed by atoms with Crippen molar-refractivity contribution in [3.63, 3.8) is 0 Å². The minimum atomic E-state index is -4.25. The lowest BCUT2D eigenvalue weighted by atomic mass is 10.1. The topological polar surface area (TPSA) is 96.0 Å². The predicted octanol–water partition coefficient (Wildman–Crippen LogP) is 6.03. The number of nitrogens with zero attached hydrogens (tertiary/aromatic N) is 2. The summed E-state index contributed by atoms with van der Waals surface area (Å²) >= 11 is 9.47. The van der Waals surface area contributed by atoms with Crippen LogP contribution in [0.5, 0.6) is 5.75 Å². The molecule has 0 saturated heterocycles. The number of nitrogens with one attached hydrogen (secondary N) is 1. The van der Waals surface area contributed by atoms with Crippen LogP contribution in [0.3, 0.4) is 0 Å². The molecule has 3 rings (SSSR count). The fraction of sp³-hybridized carbons (Fsp3) is 0.333. The van der Waals surface area contributed by atoms with Gasteiger partial charge in [-0.05, 0) is 81.3 Å². The molecule has 41 heavy (non-hydrogen) atoms. The molecule has 2 amide bonds. The van der Waals surface area contributed by atoms with E-state index in [4.69, 9.17) is 16.3 Å². The van der Waals surface area contributed by atoms with Gasteiger partial charge in [0.15, 0.2) is 0 Å². The van der Waals surface area contributed by atoms with Crippen molar-refractivity contribution in [2.75, 3.05) is 17.5 Å². The van der Waals surface area contributed by atoms with Crippen molar-refractivity contribution in [2.24, 2.45) is 0 Å². The number of ether oxygens (including phenoxy) is 1. The molecule has 0 bridgehead atoms. The number of para-hydroxylation sites is 2. The van der Waals surface area contributed by atoms with E-state index in [1.807, 2.05) is 38.1 Å². The highest BCUT2D eigenvalue weighted by atomic mass is 79.9. The number of carbonyl (C=O) groups is 2. The number of sulfonamides is 1. The molecular formula is C30H35BrClN3O5S. The molecule has 0 spiro atoms. The lowest BCUT2D eigenvalue weighted by molar-refractivity contribution is -0.139. The summed E-state index contributed by atoms with van der Waals surface area (Å²) in [4.78, 5) is 28.6. The largest absolute Gasteiger partial charge is 0.492 e. The molecule has 0 aliphatic heterocycles. The highest BCUT2D eigenvalue weighted by Gasteiger charge is 2.34. The van der Waals surface area contributed by atoms with Crippen LogP contribution in [0, 0.1) is 0 Å². The van der Waals surface area contributed by atoms with E-state index in [1.54, 1.807) is 38.1 Å². The average molecular weight is 665 g/mol. The van der Waals surface area contributed by atoms with Crippen LogP contribution < -0.4 is 14.4 Å². The van der Waals surface area contributed by atoms with E-state index in [0.29, 0.717) is 17.4 Å². The Bertz CT molecular complexity index is 1450. The highest BCUT2D eigenvalue weighted by Crippen LogP contribution is 2.33. The molecule has 2 atom stereocenters. The minimum absolute atomic E-state index is 0.0397. The van der Waals surface area contributed by atoms with Crippen LogP contribution in [-0.4, -0.2) is 50.4 Å². The maximum atomic E-state index is 14.1. The van der Waals surface area contributed by atoms with Gasteiger partial charge in [-0.1, -0.05) is 58.7 Å². The second kappa shape index (κ2) is 14.7. The third-order valence-electron chi connectivity index (χ3n) is 6.52. The van der Waals surface area contributed by atoms with E-state index in [2.05, 4.69) is 21.2 Å². The van der Waals surface area contributed by atoms with Crippen LogP contribution in [-0.2, 0) is 26.2 Å². The number of anilines is 1. The number of hydrogen-bond acceptors (Lipinski definition) is 5. The first-order valence-corrected chi connectivity index (χ1v) is 15.9. The second-order valence-electron chi connectivity index (χ2n) is 9.51. The van der Waals surface area contributed by atoms with E-state index in [0.717, 1.165) is 20.8 Å². The van der Waals surface area contributed by atoms with Gasteiger partial charge in [0, 0.05) is 22.1 Å². The van der Waals surface area contributed by atoms with E-state index in [-0.39, 0.29) is 29.1 Å². The average Bonchev–Trinajstić information content (AvgIpc) is 2.95. The summed E-state index contributed by atoms with van der Waals surface area (Å²) < 4.78 is 35.6. The number of halogens is 2. The van der Waals surface area contributed by atoms with Crippen LogP contribution >= 0.6 is 27.5 Å². The zero-order valence-corrected chi connectivity index (χ0v) is 26.7. The Morgan fingerprint density at radius 3 is 2.32 bits per heavy atom. The van der Waals surface area contributed by atoms with Crippen LogP contribution in [0.4, 0.5) is 5.69 Å². The number of rotatable bonds is 13. The molecule has 3 aromatic carbocycles. The molecule has 0 unspecified atom stereocenters.